The monoisotopic (exact) mass is 374 g/mol. The van der Waals surface area contributed by atoms with Crippen LogP contribution < -0.4 is 0 Å². The second-order valence-corrected chi connectivity index (χ2v) is 14.1. The van der Waals surface area contributed by atoms with Crippen LogP contribution in [0.2, 0.25) is 13.1 Å². The third-order valence-electron chi connectivity index (χ3n) is 5.22. The van der Waals surface area contributed by atoms with Crippen molar-refractivity contribution in [1.82, 2.24) is 0 Å². The van der Waals surface area contributed by atoms with Crippen LogP contribution >= 0.6 is 0 Å². The normalized spacial score (nSPS) is 21.8. The summed E-state index contributed by atoms with van der Waals surface area (Å²) in [7, 11) is -1.73. The molecule has 0 N–H and O–H groups in total. The first-order valence-corrected chi connectivity index (χ1v) is 12.0. The summed E-state index contributed by atoms with van der Waals surface area (Å²) in [6.45, 7) is 18.7. The van der Waals surface area contributed by atoms with Crippen molar-refractivity contribution < 1.29 is 21.7 Å². The Morgan fingerprint density at radius 1 is 1.08 bits per heavy atom. The molecule has 0 saturated heterocycles. The molecule has 1 atom stereocenters. The van der Waals surface area contributed by atoms with Gasteiger partial charge >= 0.3 is 0 Å². The molecule has 0 amide bonds. The number of allylic oxidation sites excluding steroid dienone is 1. The zero-order chi connectivity index (χ0) is 17.2. The Bertz CT molecular complexity index is 680. The van der Waals surface area contributed by atoms with Crippen LogP contribution in [0.1, 0.15) is 69.3 Å². The van der Waals surface area contributed by atoms with Crippen LogP contribution in [0.15, 0.2) is 17.7 Å². The van der Waals surface area contributed by atoms with E-state index in [1.807, 2.05) is 0 Å². The minimum absolute atomic E-state index is 0. The topological polar surface area (TPSA) is 14.1 Å². The molecule has 3 rings (SSSR count). The maximum atomic E-state index is 5.29. The molecule has 0 bridgehead atoms. The second-order valence-electron chi connectivity index (χ2n) is 10.0. The maximum Gasteiger partial charge on any atom is 0 e. The van der Waals surface area contributed by atoms with E-state index in [1.54, 1.807) is 16.7 Å². The Morgan fingerprint density at radius 2 is 1.62 bits per heavy atom. The minimum Gasteiger partial charge on any atom is -0.659 e. The van der Waals surface area contributed by atoms with Gasteiger partial charge in [-0.2, -0.15) is 0 Å². The average molecular weight is 374 g/mol. The number of nitrogens with zero attached hydrogens (tertiary/aromatic N) is 1. The molecular weight excluding hydrogens is 342 g/mol. The van der Waals surface area contributed by atoms with Gasteiger partial charge in [0.15, 0.2) is 0 Å². The smallest absolute Gasteiger partial charge is 0 e. The van der Waals surface area contributed by atoms with Crippen molar-refractivity contribution in [2.24, 2.45) is 5.41 Å². The summed E-state index contributed by atoms with van der Waals surface area (Å²) >= 11 is 0. The van der Waals surface area contributed by atoms with Crippen LogP contribution in [-0.4, -0.2) is 13.8 Å². The largest absolute Gasteiger partial charge is 0.659 e. The molecule has 0 aromatic heterocycles. The summed E-state index contributed by atoms with van der Waals surface area (Å²) in [4.78, 5) is 5.29. The number of benzene rings is 1. The van der Waals surface area contributed by atoms with Gasteiger partial charge in [0.1, 0.15) is 0 Å². The summed E-state index contributed by atoms with van der Waals surface area (Å²) in [5, 5.41) is 0. The van der Waals surface area contributed by atoms with Crippen molar-refractivity contribution in [3.05, 3.63) is 44.9 Å². The fourth-order valence-corrected chi connectivity index (χ4v) is 9.03. The molecule has 3 heteroatoms. The third-order valence-corrected chi connectivity index (χ3v) is 8.65. The van der Waals surface area contributed by atoms with Crippen molar-refractivity contribution in [2.75, 3.05) is 0 Å². The second kappa shape index (κ2) is 6.23. The zero-order valence-corrected chi connectivity index (χ0v) is 19.2. The quantitative estimate of drug-likeness (QED) is 0.545. The summed E-state index contributed by atoms with van der Waals surface area (Å²) < 4.78 is 0. The van der Waals surface area contributed by atoms with E-state index in [-0.39, 0.29) is 27.3 Å². The van der Waals surface area contributed by atoms with E-state index < -0.39 is 8.24 Å². The summed E-state index contributed by atoms with van der Waals surface area (Å²) in [5.74, 6) is 0. The van der Waals surface area contributed by atoms with E-state index in [0.29, 0.717) is 11.0 Å². The maximum absolute atomic E-state index is 5.29. The first-order chi connectivity index (χ1) is 10.4. The number of rotatable bonds is 2. The van der Waals surface area contributed by atoms with Crippen molar-refractivity contribution >= 4 is 14.3 Å². The van der Waals surface area contributed by atoms with E-state index >= 15 is 0 Å². The van der Waals surface area contributed by atoms with Gasteiger partial charge in [-0.15, -0.1) is 5.54 Å². The van der Waals surface area contributed by atoms with Crippen LogP contribution in [0.25, 0.3) is 11.1 Å². The van der Waals surface area contributed by atoms with E-state index in [1.165, 1.54) is 24.0 Å². The SMILES string of the molecule is CC1=Cc2cc3c(cc2C1[Si](C)(C)[N-]C(C)(C)C)CC(C)(C)C3.[Ti]. The number of hydrogen-bond donors (Lipinski definition) is 0. The Kier molecular flexibility index (Phi) is 5.23. The van der Waals surface area contributed by atoms with Crippen LogP contribution in [0.5, 0.6) is 0 Å². The first-order valence-electron chi connectivity index (χ1n) is 8.96. The Balaban J connectivity index is 0.00000208. The molecule has 0 spiro atoms. The van der Waals surface area contributed by atoms with Gasteiger partial charge < -0.3 is 4.98 Å². The molecular formula is C21H32NSiTi-. The van der Waals surface area contributed by atoms with E-state index in [2.05, 4.69) is 72.8 Å². The Labute approximate surface area is 164 Å². The Morgan fingerprint density at radius 3 is 2.17 bits per heavy atom. The van der Waals surface area contributed by atoms with Gasteiger partial charge in [0.25, 0.3) is 0 Å². The van der Waals surface area contributed by atoms with E-state index in [9.17, 15) is 0 Å². The van der Waals surface area contributed by atoms with Gasteiger partial charge in [0.05, 0.1) is 0 Å². The molecule has 0 heterocycles. The van der Waals surface area contributed by atoms with Gasteiger partial charge in [-0.1, -0.05) is 71.5 Å². The van der Waals surface area contributed by atoms with E-state index in [4.69, 9.17) is 4.98 Å². The fourth-order valence-electron chi connectivity index (χ4n) is 4.97. The van der Waals surface area contributed by atoms with Crippen molar-refractivity contribution in [2.45, 2.75) is 78.6 Å². The van der Waals surface area contributed by atoms with Crippen molar-refractivity contribution in [3.8, 4) is 0 Å². The third kappa shape index (κ3) is 3.82. The molecule has 1 unspecified atom stereocenters. The summed E-state index contributed by atoms with van der Waals surface area (Å²) in [5.41, 5.74) is 8.73. The molecule has 0 radical (unpaired) electrons. The van der Waals surface area contributed by atoms with Gasteiger partial charge in [0, 0.05) is 21.7 Å². The van der Waals surface area contributed by atoms with Crippen molar-refractivity contribution in [3.63, 3.8) is 0 Å². The predicted molar refractivity (Wildman–Crippen MR) is 105 cm³/mol. The number of hydrogen-bond acceptors (Lipinski definition) is 0. The van der Waals surface area contributed by atoms with Crippen LogP contribution in [0.3, 0.4) is 0 Å². The molecule has 1 aromatic rings. The van der Waals surface area contributed by atoms with Gasteiger partial charge in [-0.3, -0.25) is 0 Å². The standard InChI is InChI=1S/C21H32NSi.Ti/c1-14-9-15-10-16-12-21(5,6)13-17(16)11-18(15)19(14)23(7,8)22-20(2,3)4;/h9-11,19H,12-13H2,1-8H3;/q-1;. The molecule has 0 aliphatic heterocycles. The van der Waals surface area contributed by atoms with Gasteiger partial charge in [-0.05, 0) is 61.2 Å². The summed E-state index contributed by atoms with van der Waals surface area (Å²) in [6, 6.07) is 5.01. The van der Waals surface area contributed by atoms with Gasteiger partial charge in [-0.25, -0.2) is 0 Å². The minimum atomic E-state index is -1.73. The fraction of sp³-hybridized carbons (Fsp3) is 0.619. The molecule has 2 aliphatic carbocycles. The molecule has 130 valence electrons. The Hall–Kier alpha value is -0.149. The first kappa shape index (κ1) is 20.2. The predicted octanol–water partition coefficient (Wildman–Crippen LogP) is 6.23. The van der Waals surface area contributed by atoms with Crippen LogP contribution in [0.4, 0.5) is 0 Å². The number of fused-ring (bicyclic) bond motifs is 2. The van der Waals surface area contributed by atoms with Crippen LogP contribution in [0, 0.1) is 5.41 Å². The molecule has 0 fully saturated rings. The molecule has 24 heavy (non-hydrogen) atoms. The van der Waals surface area contributed by atoms with E-state index in [0.717, 1.165) is 0 Å². The molecule has 2 aliphatic rings. The molecule has 1 nitrogen and oxygen atoms in total. The van der Waals surface area contributed by atoms with Crippen molar-refractivity contribution in [1.29, 1.82) is 0 Å². The zero-order valence-electron chi connectivity index (χ0n) is 16.7. The average Bonchev–Trinajstić information content (AvgIpc) is 2.75. The van der Waals surface area contributed by atoms with Gasteiger partial charge in [0.2, 0.25) is 0 Å². The molecule has 0 saturated carbocycles. The summed E-state index contributed by atoms with van der Waals surface area (Å²) in [6.07, 6.45) is 4.87. The molecule has 1 aromatic carbocycles. The van der Waals surface area contributed by atoms with Crippen LogP contribution in [-0.2, 0) is 34.6 Å².